The van der Waals surface area contributed by atoms with Crippen LogP contribution in [0.2, 0.25) is 5.02 Å². The quantitative estimate of drug-likeness (QED) is 0.399. The number of amides is 2. The summed E-state index contributed by atoms with van der Waals surface area (Å²) >= 11 is 5.93. The third kappa shape index (κ3) is 7.88. The predicted octanol–water partition coefficient (Wildman–Crippen LogP) is 4.11. The van der Waals surface area contributed by atoms with E-state index in [4.69, 9.17) is 26.3 Å². The van der Waals surface area contributed by atoms with Gasteiger partial charge in [0, 0.05) is 50.2 Å². The van der Waals surface area contributed by atoms with E-state index in [1.807, 2.05) is 12.1 Å². The van der Waals surface area contributed by atoms with Crippen LogP contribution in [0, 0.1) is 11.3 Å². The molecule has 2 heterocycles. The molecule has 1 aliphatic heterocycles. The van der Waals surface area contributed by atoms with E-state index in [0.717, 1.165) is 25.2 Å². The van der Waals surface area contributed by atoms with Gasteiger partial charge in [-0.3, -0.25) is 19.5 Å². The Morgan fingerprint density at radius 3 is 2.76 bits per heavy atom. The Kier molecular flexibility index (Phi) is 9.43. The number of ether oxygens (including phenoxy) is 2. The van der Waals surface area contributed by atoms with Crippen LogP contribution in [0.3, 0.4) is 0 Å². The lowest BCUT2D eigenvalue weighted by Gasteiger charge is -2.26. The van der Waals surface area contributed by atoms with Crippen LogP contribution in [0.25, 0.3) is 6.08 Å². The summed E-state index contributed by atoms with van der Waals surface area (Å²) < 4.78 is 11.3. The van der Waals surface area contributed by atoms with E-state index in [0.29, 0.717) is 42.0 Å². The van der Waals surface area contributed by atoms with Crippen molar-refractivity contribution in [2.45, 2.75) is 0 Å². The van der Waals surface area contributed by atoms with Gasteiger partial charge in [-0.25, -0.2) is 0 Å². The summed E-state index contributed by atoms with van der Waals surface area (Å²) in [7, 11) is 0. The average Bonchev–Trinajstić information content (AvgIpc) is 2.94. The van der Waals surface area contributed by atoms with Gasteiger partial charge in [-0.2, -0.15) is 5.26 Å². The van der Waals surface area contributed by atoms with Crippen LogP contribution in [0.1, 0.15) is 21.6 Å². The Hall–Kier alpha value is -4.23. The highest BCUT2D eigenvalue weighted by molar-refractivity contribution is 6.31. The van der Waals surface area contributed by atoms with E-state index < -0.39 is 0 Å². The van der Waals surface area contributed by atoms with Gasteiger partial charge in [-0.05, 0) is 48.0 Å². The summed E-state index contributed by atoms with van der Waals surface area (Å²) in [6.07, 6.45) is 4.55. The second-order valence-corrected chi connectivity index (χ2v) is 8.80. The van der Waals surface area contributed by atoms with Crippen LogP contribution in [-0.4, -0.2) is 61.1 Å². The maximum Gasteiger partial charge on any atom is 0.270 e. The van der Waals surface area contributed by atoms with Gasteiger partial charge in [-0.15, -0.1) is 0 Å². The predicted molar refractivity (Wildman–Crippen MR) is 144 cm³/mol. The molecule has 0 aliphatic carbocycles. The molecule has 1 aromatic heterocycles. The number of carbonyl (C=O) groups excluding carboxylic acids is 2. The fourth-order valence-corrected chi connectivity index (χ4v) is 3.86. The van der Waals surface area contributed by atoms with Crippen molar-refractivity contribution < 1.29 is 19.1 Å². The highest BCUT2D eigenvalue weighted by Gasteiger charge is 2.12. The van der Waals surface area contributed by atoms with Crippen molar-refractivity contribution in [2.75, 3.05) is 44.7 Å². The topological polar surface area (TPSA) is 117 Å². The standard InChI is InChI=1S/C28H26ClN5O4/c29-25-6-5-22(17-21(25)19-30)33-27(35)7-4-20-2-1-3-23(16-20)38-24-8-9-31-26(18-24)28(36)32-10-11-34-12-14-37-15-13-34/h1-9,16-18H,10-15H2,(H,32,36)(H,33,35). The van der Waals surface area contributed by atoms with E-state index in [-0.39, 0.29) is 23.1 Å². The van der Waals surface area contributed by atoms with Gasteiger partial charge in [0.2, 0.25) is 5.91 Å². The molecule has 4 rings (SSSR count). The van der Waals surface area contributed by atoms with Gasteiger partial charge < -0.3 is 20.1 Å². The SMILES string of the molecule is N#Cc1cc(NC(=O)C=Cc2cccc(Oc3ccnc(C(=O)NCCN4CCOCC4)c3)c2)ccc1Cl. The zero-order valence-corrected chi connectivity index (χ0v) is 21.3. The molecule has 1 aliphatic rings. The number of halogens is 1. The van der Waals surface area contributed by atoms with Crippen molar-refractivity contribution in [1.29, 1.82) is 5.26 Å². The molecule has 0 radical (unpaired) electrons. The van der Waals surface area contributed by atoms with Gasteiger partial charge in [0.1, 0.15) is 23.3 Å². The molecule has 2 N–H and O–H groups in total. The molecule has 1 fully saturated rings. The van der Waals surface area contributed by atoms with Crippen molar-refractivity contribution in [3.8, 4) is 17.6 Å². The molecule has 9 nitrogen and oxygen atoms in total. The van der Waals surface area contributed by atoms with Crippen molar-refractivity contribution in [2.24, 2.45) is 0 Å². The Balaban J connectivity index is 1.32. The number of anilines is 1. The number of nitriles is 1. The molecule has 0 atom stereocenters. The highest BCUT2D eigenvalue weighted by Crippen LogP contribution is 2.23. The molecular formula is C28H26ClN5O4. The van der Waals surface area contributed by atoms with Crippen molar-refractivity contribution in [1.82, 2.24) is 15.2 Å². The number of aromatic nitrogens is 1. The van der Waals surface area contributed by atoms with Crippen molar-refractivity contribution in [3.63, 3.8) is 0 Å². The molecule has 0 bridgehead atoms. The second kappa shape index (κ2) is 13.4. The van der Waals surface area contributed by atoms with Gasteiger partial charge in [0.15, 0.2) is 0 Å². The number of nitrogens with one attached hydrogen (secondary N) is 2. The first-order chi connectivity index (χ1) is 18.5. The Morgan fingerprint density at radius 1 is 1.13 bits per heavy atom. The lowest BCUT2D eigenvalue weighted by molar-refractivity contribution is -0.111. The summed E-state index contributed by atoms with van der Waals surface area (Å²) in [5, 5.41) is 15.0. The first-order valence-electron chi connectivity index (χ1n) is 12.0. The van der Waals surface area contributed by atoms with Gasteiger partial charge >= 0.3 is 0 Å². The number of nitrogens with zero attached hydrogens (tertiary/aromatic N) is 3. The van der Waals surface area contributed by atoms with Crippen LogP contribution in [0.15, 0.2) is 66.9 Å². The third-order valence-electron chi connectivity index (χ3n) is 5.66. The minimum absolute atomic E-state index is 0.263. The normalized spacial score (nSPS) is 13.6. The molecule has 10 heteroatoms. The van der Waals surface area contributed by atoms with Crippen LogP contribution >= 0.6 is 11.6 Å². The fraction of sp³-hybridized carbons (Fsp3) is 0.214. The molecule has 2 amide bonds. The van der Waals surface area contributed by atoms with Gasteiger partial charge in [-0.1, -0.05) is 23.7 Å². The molecule has 194 valence electrons. The lowest BCUT2D eigenvalue weighted by Crippen LogP contribution is -2.41. The minimum Gasteiger partial charge on any atom is -0.457 e. The second-order valence-electron chi connectivity index (χ2n) is 8.39. The fourth-order valence-electron chi connectivity index (χ4n) is 3.70. The zero-order chi connectivity index (χ0) is 26.7. The number of carbonyl (C=O) groups is 2. The molecule has 3 aromatic rings. The first kappa shape index (κ1) is 26.8. The monoisotopic (exact) mass is 531 g/mol. The summed E-state index contributed by atoms with van der Waals surface area (Å²) in [6.45, 7) is 4.43. The maximum absolute atomic E-state index is 12.5. The third-order valence-corrected chi connectivity index (χ3v) is 5.99. The minimum atomic E-state index is -0.360. The Bertz CT molecular complexity index is 1370. The molecule has 0 spiro atoms. The van der Waals surface area contributed by atoms with E-state index in [1.54, 1.807) is 48.5 Å². The van der Waals surface area contributed by atoms with Crippen LogP contribution < -0.4 is 15.4 Å². The Morgan fingerprint density at radius 2 is 1.95 bits per heavy atom. The number of morpholine rings is 1. The van der Waals surface area contributed by atoms with E-state index >= 15 is 0 Å². The average molecular weight is 532 g/mol. The van der Waals surface area contributed by atoms with E-state index in [2.05, 4.69) is 20.5 Å². The van der Waals surface area contributed by atoms with Gasteiger partial charge in [0.05, 0.1) is 23.8 Å². The summed E-state index contributed by atoms with van der Waals surface area (Å²) in [5.41, 5.74) is 1.75. The van der Waals surface area contributed by atoms with E-state index in [1.165, 1.54) is 18.3 Å². The smallest absolute Gasteiger partial charge is 0.270 e. The zero-order valence-electron chi connectivity index (χ0n) is 20.5. The first-order valence-corrected chi connectivity index (χ1v) is 12.4. The lowest BCUT2D eigenvalue weighted by atomic mass is 10.2. The van der Waals surface area contributed by atoms with Gasteiger partial charge in [0.25, 0.3) is 5.91 Å². The summed E-state index contributed by atoms with van der Waals surface area (Å²) in [4.78, 5) is 31.2. The van der Waals surface area contributed by atoms with Crippen molar-refractivity contribution >= 4 is 35.2 Å². The molecular weight excluding hydrogens is 506 g/mol. The van der Waals surface area contributed by atoms with Crippen LogP contribution in [-0.2, 0) is 9.53 Å². The van der Waals surface area contributed by atoms with Crippen LogP contribution in [0.4, 0.5) is 5.69 Å². The molecule has 2 aromatic carbocycles. The number of hydrogen-bond donors (Lipinski definition) is 2. The largest absolute Gasteiger partial charge is 0.457 e. The number of hydrogen-bond acceptors (Lipinski definition) is 7. The maximum atomic E-state index is 12.5. The highest BCUT2D eigenvalue weighted by atomic mass is 35.5. The van der Waals surface area contributed by atoms with Crippen LogP contribution in [0.5, 0.6) is 11.5 Å². The summed E-state index contributed by atoms with van der Waals surface area (Å²) in [5.74, 6) is 0.372. The van der Waals surface area contributed by atoms with E-state index in [9.17, 15) is 9.59 Å². The molecule has 0 saturated carbocycles. The Labute approximate surface area is 225 Å². The van der Waals surface area contributed by atoms with Crippen molar-refractivity contribution in [3.05, 3.63) is 88.7 Å². The molecule has 0 unspecified atom stereocenters. The summed E-state index contributed by atoms with van der Waals surface area (Å²) in [6, 6.07) is 17.1. The number of pyridine rings is 1. The number of rotatable bonds is 9. The molecule has 1 saturated heterocycles. The number of benzene rings is 2. The molecule has 38 heavy (non-hydrogen) atoms.